The highest BCUT2D eigenvalue weighted by molar-refractivity contribution is 5.95. The second-order valence-corrected chi connectivity index (χ2v) is 7.34. The fourth-order valence-corrected chi connectivity index (χ4v) is 3.91. The SMILES string of the molecule is COc1ccnc(C(=O)N2CCCC3(C2)CN(c2ccc(F)cc2)C(=O)CO3)c1. The van der Waals surface area contributed by atoms with Gasteiger partial charge in [-0.1, -0.05) is 0 Å². The van der Waals surface area contributed by atoms with Crippen LogP contribution in [0.2, 0.25) is 0 Å². The van der Waals surface area contributed by atoms with Gasteiger partial charge >= 0.3 is 0 Å². The van der Waals surface area contributed by atoms with E-state index >= 15 is 0 Å². The molecule has 0 radical (unpaired) electrons. The van der Waals surface area contributed by atoms with Gasteiger partial charge in [0.25, 0.3) is 11.8 Å². The van der Waals surface area contributed by atoms with Crippen LogP contribution < -0.4 is 9.64 Å². The molecule has 0 bridgehead atoms. The number of hydrogen-bond donors (Lipinski definition) is 0. The predicted molar refractivity (Wildman–Crippen MR) is 103 cm³/mol. The molecule has 29 heavy (non-hydrogen) atoms. The summed E-state index contributed by atoms with van der Waals surface area (Å²) in [5, 5.41) is 0. The van der Waals surface area contributed by atoms with Gasteiger partial charge in [-0.25, -0.2) is 4.39 Å². The van der Waals surface area contributed by atoms with Crippen molar-refractivity contribution < 1.29 is 23.5 Å². The van der Waals surface area contributed by atoms with E-state index in [1.807, 2.05) is 0 Å². The molecule has 4 rings (SSSR count). The lowest BCUT2D eigenvalue weighted by molar-refractivity contribution is -0.144. The molecule has 152 valence electrons. The number of anilines is 1. The van der Waals surface area contributed by atoms with Crippen molar-refractivity contribution in [2.75, 3.05) is 38.3 Å². The Balaban J connectivity index is 1.53. The van der Waals surface area contributed by atoms with Crippen LogP contribution in [0.4, 0.5) is 10.1 Å². The first kappa shape index (κ1) is 19.3. The zero-order valence-electron chi connectivity index (χ0n) is 16.1. The van der Waals surface area contributed by atoms with Gasteiger partial charge in [-0.3, -0.25) is 14.6 Å². The van der Waals surface area contributed by atoms with Crippen LogP contribution in [-0.2, 0) is 9.53 Å². The smallest absolute Gasteiger partial charge is 0.272 e. The molecule has 1 atom stereocenters. The van der Waals surface area contributed by atoms with Gasteiger partial charge in [0.15, 0.2) is 0 Å². The van der Waals surface area contributed by atoms with Crippen molar-refractivity contribution >= 4 is 17.5 Å². The average Bonchev–Trinajstić information content (AvgIpc) is 2.76. The van der Waals surface area contributed by atoms with Gasteiger partial charge in [-0.05, 0) is 43.2 Å². The van der Waals surface area contributed by atoms with Gasteiger partial charge in [-0.15, -0.1) is 0 Å². The number of carbonyl (C=O) groups excluding carboxylic acids is 2. The first-order valence-electron chi connectivity index (χ1n) is 9.49. The standard InChI is InChI=1S/C21H22FN3O4/c1-28-17-7-9-23-18(11-17)20(27)24-10-2-8-21(13-24)14-25(19(26)12-29-21)16-5-3-15(22)4-6-16/h3-7,9,11H,2,8,10,12-14H2,1H3. The van der Waals surface area contributed by atoms with Crippen molar-refractivity contribution in [3.8, 4) is 5.75 Å². The summed E-state index contributed by atoms with van der Waals surface area (Å²) in [4.78, 5) is 32.9. The lowest BCUT2D eigenvalue weighted by Crippen LogP contribution is -2.62. The quantitative estimate of drug-likeness (QED) is 0.792. The van der Waals surface area contributed by atoms with Crippen LogP contribution in [-0.4, -0.2) is 60.7 Å². The maximum absolute atomic E-state index is 13.3. The number of carbonyl (C=O) groups is 2. The molecule has 2 aliphatic rings. The Labute approximate surface area is 168 Å². The minimum atomic E-state index is -0.658. The predicted octanol–water partition coefficient (Wildman–Crippen LogP) is 2.27. The Bertz CT molecular complexity index is 920. The minimum Gasteiger partial charge on any atom is -0.497 e. The summed E-state index contributed by atoms with van der Waals surface area (Å²) in [5.41, 5.74) is 0.274. The van der Waals surface area contributed by atoms with Crippen LogP contribution in [0.15, 0.2) is 42.6 Å². The van der Waals surface area contributed by atoms with E-state index in [-0.39, 0.29) is 24.2 Å². The highest BCUT2D eigenvalue weighted by Gasteiger charge is 2.44. The zero-order chi connectivity index (χ0) is 20.4. The summed E-state index contributed by atoms with van der Waals surface area (Å²) >= 11 is 0. The second-order valence-electron chi connectivity index (χ2n) is 7.34. The van der Waals surface area contributed by atoms with Crippen molar-refractivity contribution in [2.45, 2.75) is 18.4 Å². The summed E-state index contributed by atoms with van der Waals surface area (Å²) in [6.45, 7) is 1.19. The highest BCUT2D eigenvalue weighted by atomic mass is 19.1. The topological polar surface area (TPSA) is 72.0 Å². The van der Waals surface area contributed by atoms with Crippen LogP contribution in [0.5, 0.6) is 5.75 Å². The maximum atomic E-state index is 13.3. The lowest BCUT2D eigenvalue weighted by atomic mass is 9.90. The van der Waals surface area contributed by atoms with E-state index in [1.54, 1.807) is 34.1 Å². The van der Waals surface area contributed by atoms with E-state index in [0.29, 0.717) is 36.8 Å². The van der Waals surface area contributed by atoms with Crippen molar-refractivity contribution in [3.63, 3.8) is 0 Å². The molecule has 0 saturated carbocycles. The number of rotatable bonds is 3. The van der Waals surface area contributed by atoms with E-state index < -0.39 is 5.60 Å². The molecular formula is C21H22FN3O4. The molecular weight excluding hydrogens is 377 g/mol. The van der Waals surface area contributed by atoms with Gasteiger partial charge in [0, 0.05) is 24.5 Å². The largest absolute Gasteiger partial charge is 0.497 e. The molecule has 1 unspecified atom stereocenters. The van der Waals surface area contributed by atoms with Gasteiger partial charge in [0.05, 0.1) is 20.2 Å². The second kappa shape index (κ2) is 7.79. The van der Waals surface area contributed by atoms with Crippen LogP contribution >= 0.6 is 0 Å². The number of aromatic nitrogens is 1. The van der Waals surface area contributed by atoms with E-state index in [9.17, 15) is 14.0 Å². The number of ether oxygens (including phenoxy) is 2. The van der Waals surface area contributed by atoms with E-state index in [4.69, 9.17) is 9.47 Å². The van der Waals surface area contributed by atoms with Gasteiger partial charge < -0.3 is 19.3 Å². The van der Waals surface area contributed by atoms with E-state index in [2.05, 4.69) is 4.98 Å². The first-order valence-corrected chi connectivity index (χ1v) is 9.49. The number of nitrogens with zero attached hydrogens (tertiary/aromatic N) is 3. The third kappa shape index (κ3) is 3.93. The number of likely N-dealkylation sites (tertiary alicyclic amines) is 1. The van der Waals surface area contributed by atoms with Crippen LogP contribution in [0.1, 0.15) is 23.3 Å². The Hall–Kier alpha value is -3.00. The third-order valence-corrected chi connectivity index (χ3v) is 5.40. The molecule has 2 aliphatic heterocycles. The molecule has 7 nitrogen and oxygen atoms in total. The Morgan fingerprint density at radius 3 is 2.79 bits per heavy atom. The summed E-state index contributed by atoms with van der Waals surface area (Å²) in [6, 6.07) is 9.12. The van der Waals surface area contributed by atoms with Crippen molar-refractivity contribution in [1.29, 1.82) is 0 Å². The van der Waals surface area contributed by atoms with Crippen LogP contribution in [0, 0.1) is 5.82 Å². The maximum Gasteiger partial charge on any atom is 0.272 e. The molecule has 2 fully saturated rings. The zero-order valence-corrected chi connectivity index (χ0v) is 16.1. The Morgan fingerprint density at radius 2 is 2.03 bits per heavy atom. The molecule has 3 heterocycles. The molecule has 1 aromatic heterocycles. The number of piperidine rings is 1. The van der Waals surface area contributed by atoms with Crippen molar-refractivity contribution in [1.82, 2.24) is 9.88 Å². The molecule has 2 saturated heterocycles. The molecule has 0 aliphatic carbocycles. The van der Waals surface area contributed by atoms with Gasteiger partial charge in [0.1, 0.15) is 29.5 Å². The van der Waals surface area contributed by atoms with Gasteiger partial charge in [0.2, 0.25) is 0 Å². The summed E-state index contributed by atoms with van der Waals surface area (Å²) in [7, 11) is 1.54. The van der Waals surface area contributed by atoms with Crippen LogP contribution in [0.25, 0.3) is 0 Å². The summed E-state index contributed by atoms with van der Waals surface area (Å²) in [5.74, 6) is -0.168. The number of methoxy groups -OCH3 is 1. The third-order valence-electron chi connectivity index (χ3n) is 5.40. The molecule has 1 spiro atoms. The number of hydrogen-bond acceptors (Lipinski definition) is 5. The fourth-order valence-electron chi connectivity index (χ4n) is 3.91. The molecule has 1 aromatic carbocycles. The number of halogens is 1. The minimum absolute atomic E-state index is 0.0726. The Morgan fingerprint density at radius 1 is 1.24 bits per heavy atom. The highest BCUT2D eigenvalue weighted by Crippen LogP contribution is 2.32. The molecule has 2 amide bonds. The number of pyridine rings is 1. The monoisotopic (exact) mass is 399 g/mol. The Kier molecular flexibility index (Phi) is 5.19. The number of amides is 2. The molecule has 8 heteroatoms. The normalized spacial score (nSPS) is 22.1. The number of benzene rings is 1. The van der Waals surface area contributed by atoms with E-state index in [1.165, 1.54) is 25.4 Å². The number of morpholine rings is 1. The summed E-state index contributed by atoms with van der Waals surface area (Å²) in [6.07, 6.45) is 3.02. The first-order chi connectivity index (χ1) is 14.0. The van der Waals surface area contributed by atoms with Crippen molar-refractivity contribution in [2.24, 2.45) is 0 Å². The van der Waals surface area contributed by atoms with E-state index in [0.717, 1.165) is 12.8 Å². The fraction of sp³-hybridized carbons (Fsp3) is 0.381. The van der Waals surface area contributed by atoms with Crippen molar-refractivity contribution in [3.05, 3.63) is 54.1 Å². The molecule has 0 N–H and O–H groups in total. The van der Waals surface area contributed by atoms with Crippen LogP contribution in [0.3, 0.4) is 0 Å². The van der Waals surface area contributed by atoms with Gasteiger partial charge in [-0.2, -0.15) is 0 Å². The average molecular weight is 399 g/mol. The molecule has 2 aromatic rings. The lowest BCUT2D eigenvalue weighted by Gasteiger charge is -2.47. The summed E-state index contributed by atoms with van der Waals surface area (Å²) < 4.78 is 24.4.